The molecule has 0 fully saturated rings. The first-order valence-electron chi connectivity index (χ1n) is 17.9. The summed E-state index contributed by atoms with van der Waals surface area (Å²) in [6.45, 7) is -6.53. The minimum Gasteiger partial charge on any atom is -0.480 e. The highest BCUT2D eigenvalue weighted by molar-refractivity contribution is 5.79. The number of oxime groups is 2. The number of carboxylic acids is 3. The summed E-state index contributed by atoms with van der Waals surface area (Å²) >= 11 is 0. The van der Waals surface area contributed by atoms with Crippen molar-refractivity contribution in [1.82, 2.24) is 25.3 Å². The van der Waals surface area contributed by atoms with E-state index in [0.29, 0.717) is 0 Å². The van der Waals surface area contributed by atoms with Crippen LogP contribution in [0, 0.1) is 0 Å². The van der Waals surface area contributed by atoms with Gasteiger partial charge in [-0.1, -0.05) is 10.3 Å². The molecule has 2 amide bonds. The number of hydrogen-bond donors (Lipinski definition) is 11. The molecule has 0 aliphatic carbocycles. The van der Waals surface area contributed by atoms with Crippen molar-refractivity contribution >= 4 is 54.1 Å². The van der Waals surface area contributed by atoms with Crippen LogP contribution in [-0.4, -0.2) is 251 Å². The lowest BCUT2D eigenvalue weighted by molar-refractivity contribution is -0.149. The van der Waals surface area contributed by atoms with E-state index in [1.165, 1.54) is 14.7 Å². The van der Waals surface area contributed by atoms with E-state index in [2.05, 4.69) is 30.6 Å². The molecule has 0 aliphatic rings. The smallest absolute Gasteiger partial charge is 0.347 e. The van der Waals surface area contributed by atoms with Gasteiger partial charge in [-0.25, -0.2) is 9.59 Å². The molecular weight excluding hydrogens is 802 g/mol. The average Bonchev–Trinajstić information content (AvgIpc) is 3.17. The van der Waals surface area contributed by atoms with Crippen molar-refractivity contribution in [3.63, 3.8) is 0 Å². The van der Waals surface area contributed by atoms with Gasteiger partial charge < -0.3 is 75.7 Å². The highest BCUT2D eigenvalue weighted by atomic mass is 16.7. The number of aliphatic carboxylic acids is 3. The van der Waals surface area contributed by atoms with E-state index in [1.807, 2.05) is 0 Å². The van der Waals surface area contributed by atoms with Crippen LogP contribution >= 0.6 is 0 Å². The molecule has 0 heterocycles. The molecule has 0 saturated carbocycles. The summed E-state index contributed by atoms with van der Waals surface area (Å²) in [5.74, 6) is -6.87. The second-order valence-electron chi connectivity index (χ2n) is 12.2. The third kappa shape index (κ3) is 30.6. The molecule has 0 unspecified atom stereocenters. The number of carboxylic acid groups (broad SMARTS) is 3. The highest BCUT2D eigenvalue weighted by Gasteiger charge is 2.20. The minimum absolute atomic E-state index is 0.0871. The Balaban J connectivity index is 4.82. The SMILES string of the molecule is O=C(O)CN(CCN(CC(=O)O)CC(=O)NCCOC(=O)CO/N=C\C[C@@H](O)[C@H](O)CO)CCN(CC(=O)O)CC(=O)NCCOC(=O)CO/N=C\C[C@@H](O)[C@H](O)CO. The maximum atomic E-state index is 12.5. The molecule has 59 heavy (non-hydrogen) atoms. The Hall–Kier alpha value is -5.13. The fourth-order valence-corrected chi connectivity index (χ4v) is 4.29. The molecule has 11 N–H and O–H groups in total. The number of esters is 2. The predicted octanol–water partition coefficient (Wildman–Crippen LogP) is -7.32. The van der Waals surface area contributed by atoms with Gasteiger partial charge in [-0.3, -0.25) is 38.7 Å². The van der Waals surface area contributed by atoms with Gasteiger partial charge in [0.2, 0.25) is 25.0 Å². The lowest BCUT2D eigenvalue weighted by Gasteiger charge is -2.28. The summed E-state index contributed by atoms with van der Waals surface area (Å²) in [4.78, 5) is 96.0. The second-order valence-corrected chi connectivity index (χ2v) is 12.2. The normalized spacial score (nSPS) is 13.6. The van der Waals surface area contributed by atoms with E-state index in [1.54, 1.807) is 0 Å². The minimum atomic E-state index is -1.37. The molecule has 0 aromatic carbocycles. The van der Waals surface area contributed by atoms with Gasteiger partial charge in [0.15, 0.2) is 0 Å². The van der Waals surface area contributed by atoms with Crippen molar-refractivity contribution in [2.24, 2.45) is 10.3 Å². The molecule has 0 aromatic rings. The molecule has 338 valence electrons. The van der Waals surface area contributed by atoms with Crippen LogP contribution in [0.5, 0.6) is 0 Å². The predicted molar refractivity (Wildman–Crippen MR) is 196 cm³/mol. The van der Waals surface area contributed by atoms with Gasteiger partial charge in [-0.2, -0.15) is 0 Å². The van der Waals surface area contributed by atoms with Crippen LogP contribution < -0.4 is 10.6 Å². The molecule has 0 saturated heterocycles. The van der Waals surface area contributed by atoms with Gasteiger partial charge >= 0.3 is 29.8 Å². The Labute approximate surface area is 337 Å². The Kier molecular flexibility index (Phi) is 29.9. The number of nitrogens with one attached hydrogen (secondary N) is 2. The van der Waals surface area contributed by atoms with Crippen LogP contribution in [0.15, 0.2) is 10.3 Å². The first-order chi connectivity index (χ1) is 28.0. The van der Waals surface area contributed by atoms with Crippen LogP contribution in [0.25, 0.3) is 0 Å². The topological polar surface area (TPSA) is 397 Å². The number of rotatable bonds is 36. The zero-order valence-electron chi connectivity index (χ0n) is 32.2. The van der Waals surface area contributed by atoms with Gasteiger partial charge in [0.25, 0.3) is 0 Å². The van der Waals surface area contributed by atoms with Crippen molar-refractivity contribution in [1.29, 1.82) is 0 Å². The van der Waals surface area contributed by atoms with Crippen LogP contribution in [0.3, 0.4) is 0 Å². The Morgan fingerprint density at radius 2 is 0.864 bits per heavy atom. The monoisotopic (exact) mass is 857 g/mol. The zero-order chi connectivity index (χ0) is 44.6. The molecule has 0 aromatic heterocycles. The molecule has 27 heteroatoms. The summed E-state index contributed by atoms with van der Waals surface area (Å²) in [7, 11) is 0. The molecule has 0 bridgehead atoms. The number of carbonyl (C=O) groups is 7. The Morgan fingerprint density at radius 1 is 0.525 bits per heavy atom. The summed E-state index contributed by atoms with van der Waals surface area (Å²) in [5, 5.41) is 94.6. The van der Waals surface area contributed by atoms with Gasteiger partial charge in [-0.15, -0.1) is 0 Å². The molecule has 4 atom stereocenters. The van der Waals surface area contributed by atoms with Crippen LogP contribution in [0.2, 0.25) is 0 Å². The number of amides is 2. The van der Waals surface area contributed by atoms with Gasteiger partial charge in [-0.05, 0) is 0 Å². The lowest BCUT2D eigenvalue weighted by atomic mass is 10.2. The van der Waals surface area contributed by atoms with Crippen LogP contribution in [-0.2, 0) is 52.7 Å². The van der Waals surface area contributed by atoms with Crippen molar-refractivity contribution in [2.45, 2.75) is 37.3 Å². The maximum absolute atomic E-state index is 12.5. The van der Waals surface area contributed by atoms with Gasteiger partial charge in [0.1, 0.15) is 25.4 Å². The van der Waals surface area contributed by atoms with Crippen molar-refractivity contribution < 1.29 is 98.7 Å². The largest absolute Gasteiger partial charge is 0.480 e. The zero-order valence-corrected chi connectivity index (χ0v) is 32.2. The van der Waals surface area contributed by atoms with Crippen LogP contribution in [0.4, 0.5) is 0 Å². The third-order valence-corrected chi connectivity index (χ3v) is 7.27. The van der Waals surface area contributed by atoms with E-state index in [-0.39, 0.29) is 65.3 Å². The molecular formula is C32H55N7O20. The standard InChI is InChI=1S/C32H55N7O20/c40-18-24(44)22(42)1-3-35-58-20-31(54)56-11-5-33-26(46)13-38(16-29(50)51)9-7-37(15-28(48)49)8-10-39(17-30(52)53)14-27(47)34-6-12-57-32(55)21-59-36-4-2-23(43)25(45)19-41/h3-4,22-25,40-45H,1-2,5-21H2,(H,33,46)(H,34,47)(H,48,49)(H,50,51)(H,52,53)/b35-3-,36-4-/t22-,23-,24-,25-/m1/s1. The number of aliphatic hydroxyl groups excluding tert-OH is 6. The van der Waals surface area contributed by atoms with Crippen LogP contribution in [0.1, 0.15) is 12.8 Å². The first kappa shape index (κ1) is 53.9. The van der Waals surface area contributed by atoms with Gasteiger partial charge in [0, 0.05) is 51.4 Å². The summed E-state index contributed by atoms with van der Waals surface area (Å²) in [5.41, 5.74) is 0. The molecule has 27 nitrogen and oxygen atoms in total. The second kappa shape index (κ2) is 32.8. The fraction of sp³-hybridized carbons (Fsp3) is 0.719. The van der Waals surface area contributed by atoms with Crippen molar-refractivity contribution in [3.05, 3.63) is 0 Å². The highest BCUT2D eigenvalue weighted by Crippen LogP contribution is 1.99. The molecule has 0 aliphatic heterocycles. The number of ether oxygens (including phenoxy) is 2. The quantitative estimate of drug-likeness (QED) is 0.0121. The van der Waals surface area contributed by atoms with E-state index in [9.17, 15) is 69.3 Å². The molecule has 0 rings (SSSR count). The number of aliphatic hydroxyl groups is 6. The van der Waals surface area contributed by atoms with Gasteiger partial charge in [0.05, 0.1) is 71.2 Å². The summed E-state index contributed by atoms with van der Waals surface area (Å²) in [6.07, 6.45) is -3.52. The molecule has 0 spiro atoms. The maximum Gasteiger partial charge on any atom is 0.347 e. The number of hydrogen-bond acceptors (Lipinski definition) is 22. The first-order valence-corrected chi connectivity index (χ1v) is 17.9. The Morgan fingerprint density at radius 3 is 1.20 bits per heavy atom. The Bertz CT molecular complexity index is 1250. The molecule has 0 radical (unpaired) electrons. The van der Waals surface area contributed by atoms with Crippen molar-refractivity contribution in [3.8, 4) is 0 Å². The van der Waals surface area contributed by atoms with Crippen molar-refractivity contribution in [2.75, 3.05) is 112 Å². The number of carbonyl (C=O) groups excluding carboxylic acids is 4. The van der Waals surface area contributed by atoms with E-state index in [4.69, 9.17) is 19.7 Å². The lowest BCUT2D eigenvalue weighted by Crippen LogP contribution is -2.47. The number of nitrogens with zero attached hydrogens (tertiary/aromatic N) is 5. The average molecular weight is 858 g/mol. The van der Waals surface area contributed by atoms with E-state index >= 15 is 0 Å². The fourth-order valence-electron chi connectivity index (χ4n) is 4.29. The summed E-state index contributed by atoms with van der Waals surface area (Å²) in [6, 6.07) is 0. The van der Waals surface area contributed by atoms with E-state index in [0.717, 1.165) is 12.4 Å². The van der Waals surface area contributed by atoms with E-state index < -0.39 is 125 Å². The third-order valence-electron chi connectivity index (χ3n) is 7.27. The summed E-state index contributed by atoms with van der Waals surface area (Å²) < 4.78 is 9.73.